The van der Waals surface area contributed by atoms with E-state index in [9.17, 15) is 0 Å². The lowest BCUT2D eigenvalue weighted by molar-refractivity contribution is -0.699. The van der Waals surface area contributed by atoms with Gasteiger partial charge in [0.05, 0.1) is 0 Å². The first-order valence-corrected chi connectivity index (χ1v) is 4.94. The van der Waals surface area contributed by atoms with Gasteiger partial charge in [0.1, 0.15) is 6.54 Å². The number of nitrogens with zero attached hydrogens (tertiary/aromatic N) is 1. The fourth-order valence-electron chi connectivity index (χ4n) is 1.21. The summed E-state index contributed by atoms with van der Waals surface area (Å²) >= 11 is 0. The van der Waals surface area contributed by atoms with E-state index in [1.807, 2.05) is 12.1 Å². The number of unbranched alkanes of at least 4 members (excludes halogenated alkanes) is 1. The van der Waals surface area contributed by atoms with E-state index in [0.29, 0.717) is 0 Å². The van der Waals surface area contributed by atoms with Gasteiger partial charge in [0, 0.05) is 31.7 Å². The summed E-state index contributed by atoms with van der Waals surface area (Å²) in [6, 6.07) is 6.19. The molecule has 0 radical (unpaired) electrons. The maximum absolute atomic E-state index is 7.00. The minimum Gasteiger partial charge on any atom is -1.00 e. The maximum Gasteiger partial charge on any atom is 0.204 e. The van der Waals surface area contributed by atoms with Crippen molar-refractivity contribution in [2.24, 2.45) is 0 Å². The highest BCUT2D eigenvalue weighted by Gasteiger charge is 2.03. The molecule has 0 bridgehead atoms. The average Bonchev–Trinajstić information content (AvgIpc) is 2.29. The number of hydrogen-bond acceptors (Lipinski definition) is 1. The fourth-order valence-corrected chi connectivity index (χ4v) is 1.21. The number of rotatable bonds is 4. The molecule has 0 aliphatic rings. The average molecular weight is 321 g/mol. The lowest BCUT2D eigenvalue weighted by Crippen LogP contribution is -3.00. The molecule has 0 amide bonds. The largest absolute Gasteiger partial charge is 1.00 e. The van der Waals surface area contributed by atoms with E-state index in [4.69, 9.17) is 5.11 Å². The molecule has 1 N–H and O–H groups in total. The summed E-state index contributed by atoms with van der Waals surface area (Å²) in [5.41, 5.74) is 1.20. The van der Waals surface area contributed by atoms with Crippen molar-refractivity contribution in [3.8, 4) is 0 Å². The van der Waals surface area contributed by atoms with Crippen LogP contribution in [0.5, 0.6) is 0 Å². The minimum atomic E-state index is 0. The van der Waals surface area contributed by atoms with Crippen LogP contribution in [0.1, 0.15) is 25.5 Å². The van der Waals surface area contributed by atoms with E-state index >= 15 is 0 Å². The quantitative estimate of drug-likeness (QED) is 0.560. The summed E-state index contributed by atoms with van der Waals surface area (Å²) in [6.07, 6.45) is 6.47. The third kappa shape index (κ3) is 6.62. The van der Waals surface area contributed by atoms with Crippen LogP contribution in [0.15, 0.2) is 31.0 Å². The molecule has 1 aromatic heterocycles. The van der Waals surface area contributed by atoms with Gasteiger partial charge in [0.2, 0.25) is 5.69 Å². The number of aliphatic hydroxyl groups excluding tert-OH is 1. The second-order valence-electron chi connectivity index (χ2n) is 2.88. The Bertz CT molecular complexity index is 264. The highest BCUT2D eigenvalue weighted by molar-refractivity contribution is 5.36. The SMILES string of the molecule is C=Cc1cccc[n+]1CCCC.CO.[I-]. The zero-order valence-corrected chi connectivity index (χ0v) is 11.6. The molecular formula is C12H20INO. The van der Waals surface area contributed by atoms with Gasteiger partial charge in [-0.1, -0.05) is 19.9 Å². The van der Waals surface area contributed by atoms with E-state index in [0.717, 1.165) is 13.7 Å². The van der Waals surface area contributed by atoms with Crippen molar-refractivity contribution < 1.29 is 33.7 Å². The topological polar surface area (TPSA) is 24.1 Å². The van der Waals surface area contributed by atoms with Gasteiger partial charge >= 0.3 is 0 Å². The molecule has 86 valence electrons. The van der Waals surface area contributed by atoms with Gasteiger partial charge in [-0.3, -0.25) is 0 Å². The second kappa shape index (κ2) is 11.7. The van der Waals surface area contributed by atoms with Crippen LogP contribution in [-0.2, 0) is 6.54 Å². The van der Waals surface area contributed by atoms with Crippen molar-refractivity contribution in [2.45, 2.75) is 26.3 Å². The monoisotopic (exact) mass is 321 g/mol. The van der Waals surface area contributed by atoms with Gasteiger partial charge in [0.25, 0.3) is 0 Å². The molecule has 0 aromatic carbocycles. The van der Waals surface area contributed by atoms with Crippen molar-refractivity contribution in [3.63, 3.8) is 0 Å². The molecule has 2 nitrogen and oxygen atoms in total. The van der Waals surface area contributed by atoms with Gasteiger partial charge < -0.3 is 29.1 Å². The van der Waals surface area contributed by atoms with Gasteiger partial charge in [0.15, 0.2) is 6.20 Å². The molecule has 0 saturated heterocycles. The normalized spacial score (nSPS) is 8.20. The fraction of sp³-hybridized carbons (Fsp3) is 0.417. The number of halogens is 1. The lowest BCUT2D eigenvalue weighted by atomic mass is 10.3. The molecule has 0 unspecified atom stereocenters. The van der Waals surface area contributed by atoms with E-state index in [2.05, 4.69) is 36.4 Å². The van der Waals surface area contributed by atoms with Crippen LogP contribution >= 0.6 is 0 Å². The summed E-state index contributed by atoms with van der Waals surface area (Å²) in [5, 5.41) is 7.00. The summed E-state index contributed by atoms with van der Waals surface area (Å²) in [5.74, 6) is 0. The molecule has 3 heteroatoms. The third-order valence-corrected chi connectivity index (χ3v) is 1.94. The molecule has 0 aliphatic carbocycles. The second-order valence-corrected chi connectivity index (χ2v) is 2.88. The molecule has 1 rings (SSSR count). The van der Waals surface area contributed by atoms with Gasteiger partial charge in [-0.05, 0) is 6.07 Å². The maximum atomic E-state index is 7.00. The molecule has 1 heterocycles. The number of pyridine rings is 1. The highest BCUT2D eigenvalue weighted by Crippen LogP contribution is 1.94. The Morgan fingerprint density at radius 3 is 2.60 bits per heavy atom. The van der Waals surface area contributed by atoms with Crippen LogP contribution in [0.4, 0.5) is 0 Å². The summed E-state index contributed by atoms with van der Waals surface area (Å²) in [4.78, 5) is 0. The molecule has 1 aromatic rings. The Kier molecular flexibility index (Phi) is 13.2. The van der Waals surface area contributed by atoms with Gasteiger partial charge in [-0.2, -0.15) is 4.57 Å². The van der Waals surface area contributed by atoms with E-state index in [1.165, 1.54) is 18.5 Å². The zero-order chi connectivity index (χ0) is 10.8. The van der Waals surface area contributed by atoms with Crippen molar-refractivity contribution >= 4 is 6.08 Å². The number of aliphatic hydroxyl groups is 1. The van der Waals surface area contributed by atoms with Crippen LogP contribution < -0.4 is 28.5 Å². The standard InChI is InChI=1S/C11H16N.CH4O.HI/c1-3-5-9-12-10-7-6-8-11(12)4-2;1-2;/h4,6-8,10H,2-3,5,9H2,1H3;2H,1H3;1H/q+1;;/p-1. The van der Waals surface area contributed by atoms with E-state index < -0.39 is 0 Å². The first kappa shape index (κ1) is 17.0. The zero-order valence-electron chi connectivity index (χ0n) is 9.49. The van der Waals surface area contributed by atoms with E-state index in [1.54, 1.807) is 0 Å². The number of aromatic nitrogens is 1. The Balaban J connectivity index is 0. The highest BCUT2D eigenvalue weighted by atomic mass is 127. The Labute approximate surface area is 110 Å². The van der Waals surface area contributed by atoms with E-state index in [-0.39, 0.29) is 24.0 Å². The van der Waals surface area contributed by atoms with Gasteiger partial charge in [-0.15, -0.1) is 0 Å². The Morgan fingerprint density at radius 1 is 1.40 bits per heavy atom. The first-order valence-electron chi connectivity index (χ1n) is 4.94. The third-order valence-electron chi connectivity index (χ3n) is 1.94. The van der Waals surface area contributed by atoms with Crippen LogP contribution in [0, 0.1) is 0 Å². The molecule has 0 fully saturated rings. The molecular weight excluding hydrogens is 301 g/mol. The Hall–Kier alpha value is -0.420. The van der Waals surface area contributed by atoms with Crippen LogP contribution in [0.2, 0.25) is 0 Å². The predicted molar refractivity (Wildman–Crippen MR) is 59.8 cm³/mol. The van der Waals surface area contributed by atoms with Crippen molar-refractivity contribution in [2.75, 3.05) is 7.11 Å². The lowest BCUT2D eigenvalue weighted by Gasteiger charge is -1.97. The summed E-state index contributed by atoms with van der Waals surface area (Å²) < 4.78 is 2.23. The smallest absolute Gasteiger partial charge is 0.204 e. The summed E-state index contributed by atoms with van der Waals surface area (Å²) in [6.45, 7) is 7.08. The van der Waals surface area contributed by atoms with Crippen LogP contribution in [-0.4, -0.2) is 12.2 Å². The molecule has 0 atom stereocenters. The number of aryl methyl sites for hydroxylation is 1. The molecule has 0 spiro atoms. The molecule has 15 heavy (non-hydrogen) atoms. The van der Waals surface area contributed by atoms with Crippen molar-refractivity contribution in [1.29, 1.82) is 0 Å². The van der Waals surface area contributed by atoms with Crippen molar-refractivity contribution in [3.05, 3.63) is 36.7 Å². The van der Waals surface area contributed by atoms with Crippen LogP contribution in [0.25, 0.3) is 6.08 Å². The van der Waals surface area contributed by atoms with Crippen molar-refractivity contribution in [1.82, 2.24) is 0 Å². The molecule has 0 aliphatic heterocycles. The minimum absolute atomic E-state index is 0. The number of hydrogen-bond donors (Lipinski definition) is 1. The molecule has 0 saturated carbocycles. The first-order chi connectivity index (χ1) is 6.88. The summed E-state index contributed by atoms with van der Waals surface area (Å²) in [7, 11) is 1.00. The Morgan fingerprint density at radius 2 is 2.07 bits per heavy atom. The predicted octanol–water partition coefficient (Wildman–Crippen LogP) is -0.970. The van der Waals surface area contributed by atoms with Crippen LogP contribution in [0.3, 0.4) is 0 Å². The van der Waals surface area contributed by atoms with Gasteiger partial charge in [-0.25, -0.2) is 0 Å².